The zero-order valence-electron chi connectivity index (χ0n) is 9.53. The van der Waals surface area contributed by atoms with Gasteiger partial charge in [-0.3, -0.25) is 4.99 Å². The lowest BCUT2D eigenvalue weighted by Crippen LogP contribution is -2.27. The number of amidine groups is 1. The molecule has 1 aliphatic rings. The van der Waals surface area contributed by atoms with E-state index in [2.05, 4.69) is 4.99 Å². The van der Waals surface area contributed by atoms with Gasteiger partial charge >= 0.3 is 0 Å². The third-order valence-corrected chi connectivity index (χ3v) is 2.76. The van der Waals surface area contributed by atoms with E-state index in [1.807, 2.05) is 13.8 Å². The monoisotopic (exact) mass is 220 g/mol. The molecule has 3 N–H and O–H groups in total. The molecule has 86 valence electrons. The van der Waals surface area contributed by atoms with Crippen LogP contribution in [-0.2, 0) is 4.74 Å². The van der Waals surface area contributed by atoms with E-state index < -0.39 is 0 Å². The van der Waals surface area contributed by atoms with Crippen LogP contribution < -0.4 is 5.73 Å². The maximum absolute atomic E-state index is 9.48. The maximum Gasteiger partial charge on any atom is 0.121 e. The van der Waals surface area contributed by atoms with E-state index in [1.165, 1.54) is 0 Å². The van der Waals surface area contributed by atoms with Crippen LogP contribution in [0.2, 0.25) is 0 Å². The largest absolute Gasteiger partial charge is 0.508 e. The minimum atomic E-state index is -0.0469. The van der Waals surface area contributed by atoms with E-state index in [4.69, 9.17) is 10.5 Å². The summed E-state index contributed by atoms with van der Waals surface area (Å²) < 4.78 is 5.37. The Morgan fingerprint density at radius 3 is 2.56 bits per heavy atom. The van der Waals surface area contributed by atoms with Gasteiger partial charge in [-0.15, -0.1) is 0 Å². The third-order valence-electron chi connectivity index (χ3n) is 2.76. The zero-order valence-corrected chi connectivity index (χ0v) is 9.53. The van der Waals surface area contributed by atoms with Crippen LogP contribution in [0.4, 0.5) is 0 Å². The molecule has 1 unspecified atom stereocenters. The van der Waals surface area contributed by atoms with Gasteiger partial charge in [0.05, 0.1) is 6.61 Å². The lowest BCUT2D eigenvalue weighted by Gasteiger charge is -2.22. The summed E-state index contributed by atoms with van der Waals surface area (Å²) in [6.45, 7) is 4.88. The fraction of sp³-hybridized carbons (Fsp3) is 0.417. The minimum Gasteiger partial charge on any atom is -0.508 e. The van der Waals surface area contributed by atoms with Crippen LogP contribution >= 0.6 is 0 Å². The molecule has 1 atom stereocenters. The van der Waals surface area contributed by atoms with Crippen molar-refractivity contribution in [2.24, 2.45) is 10.7 Å². The molecule has 4 nitrogen and oxygen atoms in total. The fourth-order valence-corrected chi connectivity index (χ4v) is 2.18. The van der Waals surface area contributed by atoms with Crippen molar-refractivity contribution < 1.29 is 9.84 Å². The molecule has 0 saturated heterocycles. The van der Waals surface area contributed by atoms with Crippen LogP contribution in [0.25, 0.3) is 0 Å². The number of aryl methyl sites for hydroxylation is 2. The van der Waals surface area contributed by atoms with E-state index in [-0.39, 0.29) is 11.8 Å². The molecule has 1 aliphatic heterocycles. The average Bonchev–Trinajstić information content (AvgIpc) is 2.15. The smallest absolute Gasteiger partial charge is 0.121 e. The number of hydrogen-bond donors (Lipinski definition) is 2. The first-order valence-corrected chi connectivity index (χ1v) is 5.28. The minimum absolute atomic E-state index is 0.0469. The van der Waals surface area contributed by atoms with E-state index in [1.54, 1.807) is 12.1 Å². The predicted molar refractivity (Wildman–Crippen MR) is 62.8 cm³/mol. The summed E-state index contributed by atoms with van der Waals surface area (Å²) in [4.78, 5) is 4.39. The molecule has 0 bridgehead atoms. The number of aromatic hydroxyl groups is 1. The molecule has 1 aromatic carbocycles. The molecule has 0 amide bonds. The van der Waals surface area contributed by atoms with Crippen molar-refractivity contribution in [2.75, 3.05) is 13.2 Å². The van der Waals surface area contributed by atoms with Crippen molar-refractivity contribution in [3.05, 3.63) is 28.8 Å². The molecule has 4 heteroatoms. The Bertz CT molecular complexity index is 418. The van der Waals surface area contributed by atoms with Crippen molar-refractivity contribution in [1.82, 2.24) is 0 Å². The molecular formula is C12H16N2O2. The van der Waals surface area contributed by atoms with Gasteiger partial charge in [-0.25, -0.2) is 0 Å². The number of ether oxygens (including phenoxy) is 1. The SMILES string of the molecule is Cc1cc(O)cc(C)c1C1COCC(N)=N1. The van der Waals surface area contributed by atoms with Crippen molar-refractivity contribution in [1.29, 1.82) is 0 Å². The third kappa shape index (κ3) is 2.02. The molecule has 0 saturated carbocycles. The molecule has 0 spiro atoms. The van der Waals surface area contributed by atoms with Gasteiger partial charge in [0, 0.05) is 0 Å². The van der Waals surface area contributed by atoms with Crippen molar-refractivity contribution in [3.63, 3.8) is 0 Å². The standard InChI is InChI=1S/C12H16N2O2/c1-7-3-9(15)4-8(2)12(7)10-5-16-6-11(13)14-10/h3-4,10,15H,5-6H2,1-2H3,(H2,13,14). The van der Waals surface area contributed by atoms with Gasteiger partial charge in [0.1, 0.15) is 24.2 Å². The van der Waals surface area contributed by atoms with Gasteiger partial charge in [0.25, 0.3) is 0 Å². The lowest BCUT2D eigenvalue weighted by molar-refractivity contribution is 0.143. The second-order valence-electron chi connectivity index (χ2n) is 4.14. The van der Waals surface area contributed by atoms with Crippen LogP contribution in [-0.4, -0.2) is 24.2 Å². The Hall–Kier alpha value is -1.55. The Kier molecular flexibility index (Phi) is 2.83. The summed E-state index contributed by atoms with van der Waals surface area (Å²) in [6.07, 6.45) is 0. The van der Waals surface area contributed by atoms with E-state index in [9.17, 15) is 5.11 Å². The number of aliphatic imine (C=N–C) groups is 1. The molecule has 0 aliphatic carbocycles. The van der Waals surface area contributed by atoms with Crippen LogP contribution in [0.5, 0.6) is 5.75 Å². The highest BCUT2D eigenvalue weighted by atomic mass is 16.5. The number of nitrogens with zero attached hydrogens (tertiary/aromatic N) is 1. The quantitative estimate of drug-likeness (QED) is 0.752. The highest BCUT2D eigenvalue weighted by Gasteiger charge is 2.20. The van der Waals surface area contributed by atoms with Gasteiger partial charge in [0.2, 0.25) is 0 Å². The lowest BCUT2D eigenvalue weighted by atomic mass is 9.96. The van der Waals surface area contributed by atoms with E-state index >= 15 is 0 Å². The first-order valence-electron chi connectivity index (χ1n) is 5.28. The Morgan fingerprint density at radius 1 is 1.38 bits per heavy atom. The van der Waals surface area contributed by atoms with Crippen LogP contribution in [0.15, 0.2) is 17.1 Å². The number of phenolic OH excluding ortho intramolecular Hbond substituents is 1. The van der Waals surface area contributed by atoms with Crippen molar-refractivity contribution in [3.8, 4) is 5.75 Å². The maximum atomic E-state index is 9.48. The Labute approximate surface area is 94.8 Å². The summed E-state index contributed by atoms with van der Waals surface area (Å²) in [5.74, 6) is 0.815. The van der Waals surface area contributed by atoms with Gasteiger partial charge < -0.3 is 15.6 Å². The van der Waals surface area contributed by atoms with Gasteiger partial charge in [-0.2, -0.15) is 0 Å². The van der Waals surface area contributed by atoms with Crippen LogP contribution in [0, 0.1) is 13.8 Å². The molecule has 2 rings (SSSR count). The first kappa shape index (κ1) is 11.0. The molecule has 0 radical (unpaired) electrons. The van der Waals surface area contributed by atoms with E-state index in [0.29, 0.717) is 19.0 Å². The summed E-state index contributed by atoms with van der Waals surface area (Å²) in [7, 11) is 0. The van der Waals surface area contributed by atoms with Crippen LogP contribution in [0.1, 0.15) is 22.7 Å². The molecule has 1 aromatic rings. The topological polar surface area (TPSA) is 67.8 Å². The number of rotatable bonds is 1. The molecule has 0 aromatic heterocycles. The molecule has 16 heavy (non-hydrogen) atoms. The summed E-state index contributed by atoms with van der Waals surface area (Å²) in [5.41, 5.74) is 8.80. The molecule has 1 heterocycles. The molecule has 0 fully saturated rings. The van der Waals surface area contributed by atoms with Crippen molar-refractivity contribution in [2.45, 2.75) is 19.9 Å². The summed E-state index contributed by atoms with van der Waals surface area (Å²) in [6, 6.07) is 3.43. The Morgan fingerprint density at radius 2 is 2.00 bits per heavy atom. The van der Waals surface area contributed by atoms with E-state index in [0.717, 1.165) is 16.7 Å². The zero-order chi connectivity index (χ0) is 11.7. The second kappa shape index (κ2) is 4.14. The number of hydrogen-bond acceptors (Lipinski definition) is 4. The van der Waals surface area contributed by atoms with Crippen LogP contribution in [0.3, 0.4) is 0 Å². The predicted octanol–water partition coefficient (Wildman–Crippen LogP) is 1.44. The van der Waals surface area contributed by atoms with Gasteiger partial charge in [0.15, 0.2) is 0 Å². The fourth-order valence-electron chi connectivity index (χ4n) is 2.18. The first-order chi connectivity index (χ1) is 7.58. The molecular weight excluding hydrogens is 204 g/mol. The highest BCUT2D eigenvalue weighted by Crippen LogP contribution is 2.29. The van der Waals surface area contributed by atoms with Crippen molar-refractivity contribution >= 4 is 5.84 Å². The van der Waals surface area contributed by atoms with Gasteiger partial charge in [-0.1, -0.05) is 0 Å². The Balaban J connectivity index is 2.44. The summed E-state index contributed by atoms with van der Waals surface area (Å²) in [5, 5.41) is 9.48. The highest BCUT2D eigenvalue weighted by molar-refractivity contribution is 5.82. The number of nitrogens with two attached hydrogens (primary N) is 1. The number of benzene rings is 1. The van der Waals surface area contributed by atoms with Gasteiger partial charge in [-0.05, 0) is 42.7 Å². The normalized spacial score (nSPS) is 20.6. The average molecular weight is 220 g/mol. The number of phenols is 1. The summed E-state index contributed by atoms with van der Waals surface area (Å²) >= 11 is 0. The second-order valence-corrected chi connectivity index (χ2v) is 4.14.